The first-order valence-electron chi connectivity index (χ1n) is 10.5. The summed E-state index contributed by atoms with van der Waals surface area (Å²) in [6.45, 7) is 2.27. The van der Waals surface area contributed by atoms with Gasteiger partial charge in [0, 0.05) is 0 Å². The number of allylic oxidation sites excluding steroid dienone is 1. The second kappa shape index (κ2) is 15.5. The van der Waals surface area contributed by atoms with Crippen molar-refractivity contribution in [3.63, 3.8) is 0 Å². The molecule has 2 amide bonds. The molecule has 0 aromatic rings. The molecule has 1 N–H and O–H groups in total. The molecule has 0 radical (unpaired) electrons. The zero-order valence-corrected chi connectivity index (χ0v) is 16.9. The topological polar surface area (TPSA) is 46.2 Å². The van der Waals surface area contributed by atoms with Crippen molar-refractivity contribution < 1.29 is 9.59 Å². The molecule has 0 unspecified atom stereocenters. The van der Waals surface area contributed by atoms with Crippen LogP contribution in [-0.2, 0) is 4.79 Å². The maximum atomic E-state index is 11.4. The number of hydrogen-bond donors (Lipinski definition) is 1. The Kier molecular flexibility index (Phi) is 13.8. The minimum atomic E-state index is -0.243. The second-order valence-corrected chi connectivity index (χ2v) is 8.17. The van der Waals surface area contributed by atoms with Crippen molar-refractivity contribution >= 4 is 22.9 Å². The molecule has 0 bridgehead atoms. The summed E-state index contributed by atoms with van der Waals surface area (Å²) >= 11 is 1.02. The van der Waals surface area contributed by atoms with E-state index in [9.17, 15) is 9.59 Å². The van der Waals surface area contributed by atoms with E-state index < -0.39 is 0 Å². The van der Waals surface area contributed by atoms with Gasteiger partial charge in [0.2, 0.25) is 0 Å². The van der Waals surface area contributed by atoms with E-state index in [4.69, 9.17) is 0 Å². The van der Waals surface area contributed by atoms with Crippen molar-refractivity contribution in [2.75, 3.05) is 0 Å². The average molecular weight is 368 g/mol. The Hall–Kier alpha value is -0.770. The van der Waals surface area contributed by atoms with E-state index in [2.05, 4.69) is 12.2 Å². The molecule has 0 atom stereocenters. The van der Waals surface area contributed by atoms with Crippen LogP contribution in [-0.4, -0.2) is 11.1 Å². The monoisotopic (exact) mass is 367 g/mol. The highest BCUT2D eigenvalue weighted by molar-refractivity contribution is 8.18. The maximum absolute atomic E-state index is 11.4. The van der Waals surface area contributed by atoms with Crippen LogP contribution >= 0.6 is 11.8 Å². The number of carbonyl (C=O) groups is 2. The quantitative estimate of drug-likeness (QED) is 0.233. The third-order valence-electron chi connectivity index (χ3n) is 4.78. The summed E-state index contributed by atoms with van der Waals surface area (Å²) in [5, 5.41) is 2.05. The normalized spacial score (nSPS) is 16.0. The summed E-state index contributed by atoms with van der Waals surface area (Å²) in [5.74, 6) is -0.226. The third kappa shape index (κ3) is 12.3. The fourth-order valence-corrected chi connectivity index (χ4v) is 3.90. The summed E-state index contributed by atoms with van der Waals surface area (Å²) in [4.78, 5) is 23.0. The van der Waals surface area contributed by atoms with E-state index in [1.54, 1.807) is 0 Å². The first-order chi connectivity index (χ1) is 12.2. The van der Waals surface area contributed by atoms with Gasteiger partial charge in [-0.2, -0.15) is 0 Å². The van der Waals surface area contributed by atoms with Crippen molar-refractivity contribution in [2.24, 2.45) is 0 Å². The fourth-order valence-electron chi connectivity index (χ4n) is 3.21. The van der Waals surface area contributed by atoms with Crippen molar-refractivity contribution in [2.45, 2.75) is 110 Å². The molecule has 1 heterocycles. The number of hydrogen-bond acceptors (Lipinski definition) is 3. The van der Waals surface area contributed by atoms with Crippen molar-refractivity contribution in [1.82, 2.24) is 5.32 Å². The minimum Gasteiger partial charge on any atom is -0.282 e. The smallest absolute Gasteiger partial charge is 0.282 e. The molecule has 0 aliphatic carbocycles. The van der Waals surface area contributed by atoms with Gasteiger partial charge in [0.25, 0.3) is 11.1 Å². The Balaban J connectivity index is 1.77. The van der Waals surface area contributed by atoms with Gasteiger partial charge in [-0.3, -0.25) is 14.9 Å². The van der Waals surface area contributed by atoms with Gasteiger partial charge in [0.15, 0.2) is 0 Å². The average Bonchev–Trinajstić information content (AvgIpc) is 2.92. The molecule has 1 aliphatic heterocycles. The molecule has 4 heteroatoms. The molecule has 1 rings (SSSR count). The zero-order chi connectivity index (χ0) is 18.2. The number of rotatable bonds is 16. The molecule has 3 nitrogen and oxygen atoms in total. The van der Waals surface area contributed by atoms with Gasteiger partial charge >= 0.3 is 0 Å². The molecule has 0 saturated carbocycles. The van der Waals surface area contributed by atoms with Gasteiger partial charge in [-0.1, -0.05) is 103 Å². The van der Waals surface area contributed by atoms with Crippen LogP contribution in [0.1, 0.15) is 110 Å². The molecule has 0 spiro atoms. The second-order valence-electron chi connectivity index (χ2n) is 7.15. The molecule has 0 aromatic carbocycles. The van der Waals surface area contributed by atoms with Crippen molar-refractivity contribution in [1.29, 1.82) is 0 Å². The van der Waals surface area contributed by atoms with Crippen LogP contribution in [0.4, 0.5) is 4.79 Å². The molecular weight excluding hydrogens is 330 g/mol. The van der Waals surface area contributed by atoms with Crippen LogP contribution in [0.25, 0.3) is 0 Å². The van der Waals surface area contributed by atoms with Crippen molar-refractivity contribution in [3.05, 3.63) is 11.0 Å². The lowest BCUT2D eigenvalue weighted by atomic mass is 10.0. The largest absolute Gasteiger partial charge is 0.290 e. The number of amides is 2. The van der Waals surface area contributed by atoms with Crippen LogP contribution in [0.3, 0.4) is 0 Å². The first-order valence-corrected chi connectivity index (χ1v) is 11.3. The molecular formula is C21H37NO2S. The number of thioether (sulfide) groups is 1. The Morgan fingerprint density at radius 2 is 1.16 bits per heavy atom. The van der Waals surface area contributed by atoms with Gasteiger partial charge in [-0.15, -0.1) is 0 Å². The van der Waals surface area contributed by atoms with E-state index in [-0.39, 0.29) is 11.1 Å². The van der Waals surface area contributed by atoms with E-state index >= 15 is 0 Å². The summed E-state index contributed by atoms with van der Waals surface area (Å²) < 4.78 is 0. The van der Waals surface area contributed by atoms with E-state index in [1.807, 2.05) is 6.08 Å². The number of carbonyl (C=O) groups excluding carboxylic acids is 2. The lowest BCUT2D eigenvalue weighted by Gasteiger charge is -2.03. The third-order valence-corrected chi connectivity index (χ3v) is 5.64. The minimum absolute atomic E-state index is 0.226. The first kappa shape index (κ1) is 22.3. The SMILES string of the molecule is CCCCCCCCCCCCCCCCC/C=C1/SC(=O)NC1=O. The van der Waals surface area contributed by atoms with Crippen LogP contribution in [0.15, 0.2) is 11.0 Å². The van der Waals surface area contributed by atoms with Gasteiger partial charge in [0.05, 0.1) is 4.91 Å². The van der Waals surface area contributed by atoms with Crippen molar-refractivity contribution in [3.8, 4) is 0 Å². The van der Waals surface area contributed by atoms with Gasteiger partial charge < -0.3 is 0 Å². The summed E-state index contributed by atoms with van der Waals surface area (Å²) in [6, 6.07) is 0. The number of unbranched alkanes of at least 4 members (excludes halogenated alkanes) is 15. The number of imide groups is 1. The van der Waals surface area contributed by atoms with E-state index in [0.29, 0.717) is 4.91 Å². The van der Waals surface area contributed by atoms with E-state index in [0.717, 1.165) is 24.6 Å². The van der Waals surface area contributed by atoms with Gasteiger partial charge in [0.1, 0.15) is 0 Å². The maximum Gasteiger partial charge on any atom is 0.290 e. The van der Waals surface area contributed by atoms with Crippen LogP contribution in [0.2, 0.25) is 0 Å². The predicted octanol–water partition coefficient (Wildman–Crippen LogP) is 7.11. The fraction of sp³-hybridized carbons (Fsp3) is 0.810. The molecule has 144 valence electrons. The van der Waals surface area contributed by atoms with Crippen LogP contribution < -0.4 is 5.32 Å². The van der Waals surface area contributed by atoms with E-state index in [1.165, 1.54) is 89.9 Å². The highest BCUT2D eigenvalue weighted by Gasteiger charge is 2.24. The standard InChI is InChI=1S/C21H37NO2S/c1-2-3-4-5-6-7-8-9-10-11-12-13-14-15-16-17-18-19-20(23)22-21(24)25-19/h18H,2-17H2,1H3,(H,22,23,24)/b19-18+. The Morgan fingerprint density at radius 3 is 1.56 bits per heavy atom. The Bertz CT molecular complexity index is 407. The molecule has 0 aromatic heterocycles. The molecule has 25 heavy (non-hydrogen) atoms. The van der Waals surface area contributed by atoms with Gasteiger partial charge in [-0.25, -0.2) is 0 Å². The van der Waals surface area contributed by atoms with Crippen LogP contribution in [0, 0.1) is 0 Å². The molecule has 1 fully saturated rings. The molecule has 1 saturated heterocycles. The molecule has 1 aliphatic rings. The van der Waals surface area contributed by atoms with Gasteiger partial charge in [-0.05, 0) is 24.6 Å². The Labute approximate surface area is 158 Å². The Morgan fingerprint density at radius 1 is 0.720 bits per heavy atom. The lowest BCUT2D eigenvalue weighted by Crippen LogP contribution is -2.17. The highest BCUT2D eigenvalue weighted by atomic mass is 32.2. The summed E-state index contributed by atoms with van der Waals surface area (Å²) in [7, 11) is 0. The summed E-state index contributed by atoms with van der Waals surface area (Å²) in [5.41, 5.74) is 0. The zero-order valence-electron chi connectivity index (χ0n) is 16.1. The van der Waals surface area contributed by atoms with Crippen LogP contribution in [0.5, 0.6) is 0 Å². The summed E-state index contributed by atoms with van der Waals surface area (Å²) in [6.07, 6.45) is 23.3. The lowest BCUT2D eigenvalue weighted by molar-refractivity contribution is -0.115. The highest BCUT2D eigenvalue weighted by Crippen LogP contribution is 2.24. The predicted molar refractivity (Wildman–Crippen MR) is 109 cm³/mol. The number of nitrogens with one attached hydrogen (secondary N) is 1.